The van der Waals surface area contributed by atoms with Crippen LogP contribution in [-0.4, -0.2) is 35.6 Å². The first-order chi connectivity index (χ1) is 5.24. The fraction of sp³-hybridized carbons (Fsp3) is 1.00. The van der Waals surface area contributed by atoms with E-state index in [9.17, 15) is 10.2 Å². The Hall–Kier alpha value is -0.120. The van der Waals surface area contributed by atoms with Crippen LogP contribution in [0.2, 0.25) is 0 Å². The fourth-order valence-corrected chi connectivity index (χ4v) is 2.56. The van der Waals surface area contributed by atoms with Crippen molar-refractivity contribution < 1.29 is 14.9 Å². The molecule has 2 N–H and O–H groups in total. The van der Waals surface area contributed by atoms with Crippen molar-refractivity contribution in [3.05, 3.63) is 0 Å². The monoisotopic (exact) mass is 158 g/mol. The lowest BCUT2D eigenvalue weighted by Gasteiger charge is -2.29. The van der Waals surface area contributed by atoms with Gasteiger partial charge in [-0.2, -0.15) is 0 Å². The molecule has 3 heteroatoms. The first-order valence-corrected chi connectivity index (χ1v) is 4.13. The van der Waals surface area contributed by atoms with E-state index in [0.717, 1.165) is 12.8 Å². The number of hydrogen-bond acceptors (Lipinski definition) is 3. The first kappa shape index (κ1) is 7.53. The molecule has 2 saturated carbocycles. The van der Waals surface area contributed by atoms with Gasteiger partial charge in [-0.05, 0) is 18.8 Å². The van der Waals surface area contributed by atoms with Crippen molar-refractivity contribution in [2.45, 2.75) is 31.2 Å². The van der Waals surface area contributed by atoms with E-state index in [1.54, 1.807) is 7.11 Å². The third-order valence-electron chi connectivity index (χ3n) is 3.13. The molecule has 11 heavy (non-hydrogen) atoms. The highest BCUT2D eigenvalue weighted by Crippen LogP contribution is 2.45. The predicted octanol–water partition coefficient (Wildman–Crippen LogP) is -0.237. The van der Waals surface area contributed by atoms with Crippen LogP contribution in [0.3, 0.4) is 0 Å². The minimum absolute atomic E-state index is 0.122. The van der Waals surface area contributed by atoms with E-state index >= 15 is 0 Å². The quantitative estimate of drug-likeness (QED) is 0.554. The predicted molar refractivity (Wildman–Crippen MR) is 39.0 cm³/mol. The van der Waals surface area contributed by atoms with Gasteiger partial charge in [0.25, 0.3) is 0 Å². The molecule has 2 bridgehead atoms. The molecule has 2 rings (SSSR count). The smallest absolute Gasteiger partial charge is 0.0885 e. The highest BCUT2D eigenvalue weighted by molar-refractivity contribution is 5.02. The molecule has 0 aromatic carbocycles. The average molecular weight is 158 g/mol. The first-order valence-electron chi connectivity index (χ1n) is 4.13. The van der Waals surface area contributed by atoms with Gasteiger partial charge in [0.2, 0.25) is 0 Å². The maximum absolute atomic E-state index is 9.56. The molecule has 5 unspecified atom stereocenters. The van der Waals surface area contributed by atoms with E-state index in [0.29, 0.717) is 0 Å². The summed E-state index contributed by atoms with van der Waals surface area (Å²) in [6.45, 7) is 0. The Morgan fingerprint density at radius 1 is 1.27 bits per heavy atom. The molecule has 5 atom stereocenters. The lowest BCUT2D eigenvalue weighted by atomic mass is 9.92. The van der Waals surface area contributed by atoms with Gasteiger partial charge in [0.1, 0.15) is 0 Å². The zero-order valence-corrected chi connectivity index (χ0v) is 6.60. The number of rotatable bonds is 1. The Balaban J connectivity index is 2.13. The molecule has 0 saturated heterocycles. The van der Waals surface area contributed by atoms with E-state index in [2.05, 4.69) is 0 Å². The van der Waals surface area contributed by atoms with Gasteiger partial charge in [0, 0.05) is 13.0 Å². The molecule has 64 valence electrons. The Bertz CT molecular complexity index is 159. The van der Waals surface area contributed by atoms with Gasteiger partial charge < -0.3 is 14.9 Å². The van der Waals surface area contributed by atoms with Gasteiger partial charge in [0.15, 0.2) is 0 Å². The van der Waals surface area contributed by atoms with Crippen molar-refractivity contribution in [2.24, 2.45) is 11.8 Å². The second-order valence-electron chi connectivity index (χ2n) is 3.65. The summed E-state index contributed by atoms with van der Waals surface area (Å²) in [5.74, 6) is 0.458. The maximum atomic E-state index is 9.56. The molecule has 3 nitrogen and oxygen atoms in total. The summed E-state index contributed by atoms with van der Waals surface area (Å²) < 4.78 is 5.12. The average Bonchev–Trinajstić information content (AvgIpc) is 2.45. The van der Waals surface area contributed by atoms with Crippen molar-refractivity contribution in [2.75, 3.05) is 7.11 Å². The minimum Gasteiger partial charge on any atom is -0.393 e. The van der Waals surface area contributed by atoms with E-state index in [1.807, 2.05) is 0 Å². The third kappa shape index (κ3) is 0.916. The summed E-state index contributed by atoms with van der Waals surface area (Å²) in [6.07, 6.45) is 0.984. The fourth-order valence-electron chi connectivity index (χ4n) is 2.56. The lowest BCUT2D eigenvalue weighted by molar-refractivity contribution is -0.0789. The molecule has 2 aliphatic carbocycles. The van der Waals surface area contributed by atoms with Crippen LogP contribution in [0.4, 0.5) is 0 Å². The van der Waals surface area contributed by atoms with Crippen LogP contribution in [0.25, 0.3) is 0 Å². The summed E-state index contributed by atoms with van der Waals surface area (Å²) >= 11 is 0. The Labute approximate surface area is 66.0 Å². The van der Waals surface area contributed by atoms with Crippen LogP contribution in [0, 0.1) is 11.8 Å². The molecule has 0 aromatic heterocycles. The summed E-state index contributed by atoms with van der Waals surface area (Å²) in [5, 5.41) is 19.0. The second kappa shape index (κ2) is 2.44. The van der Waals surface area contributed by atoms with Crippen molar-refractivity contribution in [3.8, 4) is 0 Å². The van der Waals surface area contributed by atoms with E-state index in [-0.39, 0.29) is 30.1 Å². The Kier molecular flexibility index (Phi) is 1.67. The van der Waals surface area contributed by atoms with Gasteiger partial charge in [-0.1, -0.05) is 0 Å². The minimum atomic E-state index is -0.339. The number of ether oxygens (including phenoxy) is 1. The zero-order chi connectivity index (χ0) is 8.01. The Morgan fingerprint density at radius 2 is 2.00 bits per heavy atom. The molecule has 0 heterocycles. The molecule has 0 radical (unpaired) electrons. The SMILES string of the molecule is COC1C(O)C2CC(O)C1C2. The van der Waals surface area contributed by atoms with Gasteiger partial charge in [-0.15, -0.1) is 0 Å². The van der Waals surface area contributed by atoms with Gasteiger partial charge in [-0.3, -0.25) is 0 Å². The molecule has 2 fully saturated rings. The van der Waals surface area contributed by atoms with Gasteiger partial charge in [-0.25, -0.2) is 0 Å². The molecule has 0 aliphatic heterocycles. The van der Waals surface area contributed by atoms with Crippen LogP contribution in [-0.2, 0) is 4.74 Å². The maximum Gasteiger partial charge on any atom is 0.0885 e. The molecule has 0 aromatic rings. The normalized spacial score (nSPS) is 55.4. The third-order valence-corrected chi connectivity index (χ3v) is 3.13. The second-order valence-corrected chi connectivity index (χ2v) is 3.65. The van der Waals surface area contributed by atoms with Crippen LogP contribution in [0.1, 0.15) is 12.8 Å². The summed E-state index contributed by atoms with van der Waals surface area (Å²) in [7, 11) is 1.60. The van der Waals surface area contributed by atoms with Crippen molar-refractivity contribution in [3.63, 3.8) is 0 Å². The van der Waals surface area contributed by atoms with E-state index in [1.165, 1.54) is 0 Å². The highest BCUT2D eigenvalue weighted by Gasteiger charge is 2.51. The molecular weight excluding hydrogens is 144 g/mol. The largest absolute Gasteiger partial charge is 0.393 e. The van der Waals surface area contributed by atoms with Crippen LogP contribution in [0.15, 0.2) is 0 Å². The topological polar surface area (TPSA) is 49.7 Å². The Morgan fingerprint density at radius 3 is 2.45 bits per heavy atom. The number of aliphatic hydroxyl groups is 2. The molecule has 0 spiro atoms. The summed E-state index contributed by atoms with van der Waals surface area (Å²) in [4.78, 5) is 0. The van der Waals surface area contributed by atoms with Gasteiger partial charge >= 0.3 is 0 Å². The van der Waals surface area contributed by atoms with Crippen LogP contribution < -0.4 is 0 Å². The van der Waals surface area contributed by atoms with Crippen molar-refractivity contribution in [1.82, 2.24) is 0 Å². The van der Waals surface area contributed by atoms with Gasteiger partial charge in [0.05, 0.1) is 18.3 Å². The summed E-state index contributed by atoms with van der Waals surface area (Å²) in [6, 6.07) is 0. The molecule has 0 amide bonds. The standard InChI is InChI=1S/C8H14O3/c1-11-8-5-2-4(7(8)10)3-6(5)9/h4-10H,2-3H2,1H3. The van der Waals surface area contributed by atoms with Crippen LogP contribution >= 0.6 is 0 Å². The molecule has 2 aliphatic rings. The number of methoxy groups -OCH3 is 1. The van der Waals surface area contributed by atoms with Crippen molar-refractivity contribution >= 4 is 0 Å². The molecular formula is C8H14O3. The number of fused-ring (bicyclic) bond motifs is 2. The van der Waals surface area contributed by atoms with Crippen molar-refractivity contribution in [1.29, 1.82) is 0 Å². The van der Waals surface area contributed by atoms with E-state index < -0.39 is 0 Å². The van der Waals surface area contributed by atoms with Crippen LogP contribution in [0.5, 0.6) is 0 Å². The lowest BCUT2D eigenvalue weighted by Crippen LogP contribution is -2.40. The highest BCUT2D eigenvalue weighted by atomic mass is 16.5. The van der Waals surface area contributed by atoms with E-state index in [4.69, 9.17) is 4.74 Å². The number of aliphatic hydroxyl groups excluding tert-OH is 2. The summed E-state index contributed by atoms with van der Waals surface area (Å²) in [5.41, 5.74) is 0. The number of hydrogen-bond donors (Lipinski definition) is 2. The zero-order valence-electron chi connectivity index (χ0n) is 6.60.